The number of aryl methyl sites for hydroxylation is 3. The second-order valence-corrected chi connectivity index (χ2v) is 7.53. The van der Waals surface area contributed by atoms with Crippen molar-refractivity contribution in [3.05, 3.63) is 92.9 Å². The lowest BCUT2D eigenvalue weighted by Gasteiger charge is -2.15. The third kappa shape index (κ3) is 3.74. The van der Waals surface area contributed by atoms with Crippen molar-refractivity contribution in [1.82, 2.24) is 19.8 Å². The van der Waals surface area contributed by atoms with E-state index in [0.717, 1.165) is 33.6 Å². The molecular weight excluding hydrogens is 400 g/mol. The van der Waals surface area contributed by atoms with Crippen molar-refractivity contribution in [1.29, 1.82) is 0 Å². The lowest BCUT2D eigenvalue weighted by molar-refractivity contribution is 0.303. The average molecular weight is 421 g/mol. The second-order valence-electron chi connectivity index (χ2n) is 7.12. The van der Waals surface area contributed by atoms with E-state index in [4.69, 9.17) is 16.3 Å². The Balaban J connectivity index is 1.68. The van der Waals surface area contributed by atoms with E-state index in [1.54, 1.807) is 7.05 Å². The van der Waals surface area contributed by atoms with E-state index >= 15 is 0 Å². The summed E-state index contributed by atoms with van der Waals surface area (Å²) in [6.45, 7) is 4.27. The molecule has 0 atom stereocenters. The van der Waals surface area contributed by atoms with Crippen LogP contribution in [0, 0.1) is 13.8 Å². The molecule has 4 rings (SSSR count). The second kappa shape index (κ2) is 8.16. The fourth-order valence-corrected chi connectivity index (χ4v) is 3.55. The Kier molecular flexibility index (Phi) is 5.42. The summed E-state index contributed by atoms with van der Waals surface area (Å²) in [5.41, 5.74) is 5.18. The molecule has 152 valence electrons. The molecule has 0 fully saturated rings. The number of halogens is 1. The zero-order chi connectivity index (χ0) is 21.3. The van der Waals surface area contributed by atoms with Gasteiger partial charge in [-0.25, -0.2) is 4.79 Å². The van der Waals surface area contributed by atoms with E-state index in [1.807, 2.05) is 74.5 Å². The molecule has 4 aromatic rings. The summed E-state index contributed by atoms with van der Waals surface area (Å²) in [5, 5.41) is 8.47. The molecule has 0 aliphatic heterocycles. The molecule has 6 nitrogen and oxygen atoms in total. The first-order chi connectivity index (χ1) is 14.5. The summed E-state index contributed by atoms with van der Waals surface area (Å²) < 4.78 is 8.69. The van der Waals surface area contributed by atoms with Crippen LogP contribution in [-0.4, -0.2) is 19.8 Å². The van der Waals surface area contributed by atoms with Gasteiger partial charge in [0.2, 0.25) is 0 Å². The first-order valence-electron chi connectivity index (χ1n) is 9.52. The van der Waals surface area contributed by atoms with Crippen LogP contribution in [0.5, 0.6) is 5.75 Å². The number of ether oxygens (including phenoxy) is 1. The third-order valence-electron chi connectivity index (χ3n) is 5.08. The van der Waals surface area contributed by atoms with Gasteiger partial charge in [0.25, 0.3) is 0 Å². The minimum atomic E-state index is -0.307. The van der Waals surface area contributed by atoms with Gasteiger partial charge in [-0.3, -0.25) is 0 Å². The normalized spacial score (nSPS) is 10.9. The maximum atomic E-state index is 12.3. The molecule has 7 heteroatoms. The van der Waals surface area contributed by atoms with Crippen LogP contribution < -0.4 is 10.4 Å². The first-order valence-corrected chi connectivity index (χ1v) is 9.89. The molecule has 0 aliphatic rings. The summed E-state index contributed by atoms with van der Waals surface area (Å²) in [6, 6.07) is 19.5. The highest BCUT2D eigenvalue weighted by Crippen LogP contribution is 2.32. The van der Waals surface area contributed by atoms with Crippen LogP contribution in [0.1, 0.15) is 16.7 Å². The van der Waals surface area contributed by atoms with Crippen molar-refractivity contribution in [2.24, 2.45) is 7.05 Å². The van der Waals surface area contributed by atoms with E-state index in [2.05, 4.69) is 10.4 Å². The van der Waals surface area contributed by atoms with Crippen LogP contribution >= 0.6 is 11.6 Å². The van der Waals surface area contributed by atoms with E-state index in [9.17, 15) is 4.79 Å². The number of aromatic nitrogens is 4. The Morgan fingerprint density at radius 2 is 1.77 bits per heavy atom. The van der Waals surface area contributed by atoms with Gasteiger partial charge in [0.1, 0.15) is 12.4 Å². The van der Waals surface area contributed by atoms with Gasteiger partial charge in [-0.05, 0) is 59.2 Å². The molecule has 0 saturated carbocycles. The molecular formula is C23H21ClN4O2. The number of benzene rings is 3. The summed E-state index contributed by atoms with van der Waals surface area (Å²) in [6.07, 6.45) is 0. The molecule has 30 heavy (non-hydrogen) atoms. The van der Waals surface area contributed by atoms with Crippen molar-refractivity contribution in [3.63, 3.8) is 0 Å². The van der Waals surface area contributed by atoms with Gasteiger partial charge in [0, 0.05) is 23.2 Å². The van der Waals surface area contributed by atoms with Gasteiger partial charge in [-0.15, -0.1) is 0 Å². The van der Waals surface area contributed by atoms with Crippen molar-refractivity contribution in [2.75, 3.05) is 0 Å². The lowest BCUT2D eigenvalue weighted by Crippen LogP contribution is -2.23. The van der Waals surface area contributed by atoms with Crippen LogP contribution in [0.15, 0.2) is 65.5 Å². The topological polar surface area (TPSA) is 61.9 Å². The molecule has 0 aliphatic carbocycles. The van der Waals surface area contributed by atoms with Crippen molar-refractivity contribution < 1.29 is 4.74 Å². The Hall–Kier alpha value is -3.38. The molecule has 1 aromatic heterocycles. The standard InChI is InChI=1S/C23H21ClN4O2/c1-15-7-6-10-21(28-23(29)27(3)25-26-28)19(15)14-30-22-13-17(12-11-16(22)2)18-8-4-5-9-20(18)24/h4-13H,14H2,1-3H3. The van der Waals surface area contributed by atoms with Crippen LogP contribution in [0.2, 0.25) is 5.02 Å². The van der Waals surface area contributed by atoms with Crippen molar-refractivity contribution in [3.8, 4) is 22.6 Å². The average Bonchev–Trinajstić information content (AvgIpc) is 3.07. The summed E-state index contributed by atoms with van der Waals surface area (Å²) in [4.78, 5) is 12.3. The van der Waals surface area contributed by atoms with Crippen LogP contribution in [-0.2, 0) is 13.7 Å². The highest BCUT2D eigenvalue weighted by Gasteiger charge is 2.14. The van der Waals surface area contributed by atoms with Gasteiger partial charge in [-0.1, -0.05) is 54.1 Å². The van der Waals surface area contributed by atoms with Gasteiger partial charge in [-0.2, -0.15) is 9.36 Å². The Morgan fingerprint density at radius 1 is 0.967 bits per heavy atom. The summed E-state index contributed by atoms with van der Waals surface area (Å²) in [7, 11) is 1.57. The van der Waals surface area contributed by atoms with Gasteiger partial charge >= 0.3 is 5.69 Å². The largest absolute Gasteiger partial charge is 0.489 e. The molecule has 0 N–H and O–H groups in total. The minimum absolute atomic E-state index is 0.290. The van der Waals surface area contributed by atoms with Crippen LogP contribution in [0.4, 0.5) is 0 Å². The fraction of sp³-hybridized carbons (Fsp3) is 0.174. The Morgan fingerprint density at radius 3 is 2.50 bits per heavy atom. The predicted molar refractivity (Wildman–Crippen MR) is 117 cm³/mol. The molecule has 3 aromatic carbocycles. The minimum Gasteiger partial charge on any atom is -0.489 e. The molecule has 1 heterocycles. The third-order valence-corrected chi connectivity index (χ3v) is 5.41. The monoisotopic (exact) mass is 420 g/mol. The summed E-state index contributed by atoms with van der Waals surface area (Å²) in [5.74, 6) is 0.758. The number of hydrogen-bond acceptors (Lipinski definition) is 4. The molecule has 0 amide bonds. The van der Waals surface area contributed by atoms with Crippen molar-refractivity contribution in [2.45, 2.75) is 20.5 Å². The lowest BCUT2D eigenvalue weighted by atomic mass is 10.0. The number of tetrazole rings is 1. The molecule has 0 radical (unpaired) electrons. The van der Waals surface area contributed by atoms with E-state index in [1.165, 1.54) is 9.36 Å². The highest BCUT2D eigenvalue weighted by atomic mass is 35.5. The van der Waals surface area contributed by atoms with Gasteiger partial charge < -0.3 is 4.74 Å². The maximum absolute atomic E-state index is 12.3. The molecule has 0 spiro atoms. The number of hydrogen-bond donors (Lipinski definition) is 0. The number of nitrogens with zero attached hydrogens (tertiary/aromatic N) is 4. The SMILES string of the molecule is Cc1ccc(-c2ccccc2Cl)cc1OCc1c(C)cccc1-n1nnn(C)c1=O. The molecule has 0 bridgehead atoms. The zero-order valence-corrected chi connectivity index (χ0v) is 17.7. The van der Waals surface area contributed by atoms with Gasteiger partial charge in [0.05, 0.1) is 5.69 Å². The van der Waals surface area contributed by atoms with Crippen LogP contribution in [0.3, 0.4) is 0 Å². The van der Waals surface area contributed by atoms with E-state index < -0.39 is 0 Å². The van der Waals surface area contributed by atoms with Crippen LogP contribution in [0.25, 0.3) is 16.8 Å². The quantitative estimate of drug-likeness (QED) is 0.477. The first kappa shape index (κ1) is 19.9. The molecule has 0 saturated heterocycles. The Bertz CT molecular complexity index is 1280. The fourth-order valence-electron chi connectivity index (χ4n) is 3.31. The van der Waals surface area contributed by atoms with Gasteiger partial charge in [0.15, 0.2) is 0 Å². The molecule has 0 unspecified atom stereocenters. The smallest absolute Gasteiger partial charge is 0.368 e. The van der Waals surface area contributed by atoms with E-state index in [-0.39, 0.29) is 12.3 Å². The highest BCUT2D eigenvalue weighted by molar-refractivity contribution is 6.33. The maximum Gasteiger partial charge on any atom is 0.368 e. The zero-order valence-electron chi connectivity index (χ0n) is 17.0. The summed E-state index contributed by atoms with van der Waals surface area (Å²) >= 11 is 6.36. The van der Waals surface area contributed by atoms with E-state index in [0.29, 0.717) is 10.7 Å². The Labute approximate surface area is 179 Å². The number of rotatable bonds is 5. The predicted octanol–water partition coefficient (Wildman–Crippen LogP) is 4.48. The van der Waals surface area contributed by atoms with Crippen molar-refractivity contribution >= 4 is 11.6 Å².